The smallest absolute Gasteiger partial charge is 0.239 e. The van der Waals surface area contributed by atoms with Gasteiger partial charge in [0.2, 0.25) is 15.9 Å². The summed E-state index contributed by atoms with van der Waals surface area (Å²) in [6.07, 6.45) is 0.267. The monoisotopic (exact) mass is 312 g/mol. The number of primary amides is 1. The van der Waals surface area contributed by atoms with Crippen LogP contribution in [0.25, 0.3) is 0 Å². The molecule has 1 unspecified atom stereocenters. The minimum Gasteiger partial charge on any atom is -0.368 e. The molecule has 1 aromatic carbocycles. The average Bonchev–Trinajstić information content (AvgIpc) is 2.45. The van der Waals surface area contributed by atoms with E-state index in [0.717, 1.165) is 5.56 Å². The van der Waals surface area contributed by atoms with Crippen molar-refractivity contribution in [2.45, 2.75) is 45.1 Å². The van der Waals surface area contributed by atoms with Gasteiger partial charge >= 0.3 is 0 Å². The lowest BCUT2D eigenvalue weighted by atomic mass is 9.66. The first-order valence-electron chi connectivity index (χ1n) is 7.00. The molecule has 1 rings (SSSR count). The molecule has 0 fully saturated rings. The largest absolute Gasteiger partial charge is 0.368 e. The molecule has 0 aliphatic rings. The summed E-state index contributed by atoms with van der Waals surface area (Å²) in [5.41, 5.74) is 4.30. The Morgan fingerprint density at radius 2 is 1.71 bits per heavy atom. The standard InChI is InChI=1S/C15H24N2O3S/c1-5-15(13(16)18,17-21(19,20)6-2)14(3,4)12-10-8-7-9-11-12/h7-11,17H,5-6H2,1-4H3,(H2,16,18). The van der Waals surface area contributed by atoms with Crippen molar-refractivity contribution in [3.05, 3.63) is 35.9 Å². The van der Waals surface area contributed by atoms with E-state index in [1.165, 1.54) is 6.92 Å². The molecule has 1 amide bonds. The van der Waals surface area contributed by atoms with Crippen molar-refractivity contribution < 1.29 is 13.2 Å². The molecule has 0 saturated carbocycles. The van der Waals surface area contributed by atoms with Crippen molar-refractivity contribution in [1.29, 1.82) is 0 Å². The molecular weight excluding hydrogens is 288 g/mol. The van der Waals surface area contributed by atoms with Crippen LogP contribution in [0.5, 0.6) is 0 Å². The molecule has 0 spiro atoms. The Hall–Kier alpha value is -1.40. The van der Waals surface area contributed by atoms with E-state index in [4.69, 9.17) is 5.73 Å². The topological polar surface area (TPSA) is 89.3 Å². The molecule has 0 radical (unpaired) electrons. The van der Waals surface area contributed by atoms with Gasteiger partial charge in [-0.2, -0.15) is 4.72 Å². The summed E-state index contributed by atoms with van der Waals surface area (Å²) >= 11 is 0. The van der Waals surface area contributed by atoms with E-state index in [1.807, 2.05) is 44.2 Å². The van der Waals surface area contributed by atoms with Crippen molar-refractivity contribution in [2.24, 2.45) is 5.73 Å². The van der Waals surface area contributed by atoms with E-state index >= 15 is 0 Å². The maximum Gasteiger partial charge on any atom is 0.239 e. The first-order chi connectivity index (χ1) is 9.63. The highest BCUT2D eigenvalue weighted by Gasteiger charge is 2.51. The number of carbonyl (C=O) groups excluding carboxylic acids is 1. The Kier molecular flexibility index (Phi) is 5.17. The van der Waals surface area contributed by atoms with Gasteiger partial charge in [-0.3, -0.25) is 4.79 Å². The number of benzene rings is 1. The van der Waals surface area contributed by atoms with Crippen LogP contribution in [0.15, 0.2) is 30.3 Å². The lowest BCUT2D eigenvalue weighted by molar-refractivity contribution is -0.126. The molecular formula is C15H24N2O3S. The molecule has 0 aliphatic carbocycles. The van der Waals surface area contributed by atoms with Gasteiger partial charge in [-0.1, -0.05) is 51.1 Å². The Morgan fingerprint density at radius 3 is 2.10 bits per heavy atom. The first kappa shape index (κ1) is 17.7. The third-order valence-corrected chi connectivity index (χ3v) is 5.64. The molecule has 0 heterocycles. The van der Waals surface area contributed by atoms with Crippen LogP contribution in [-0.2, 0) is 20.2 Å². The van der Waals surface area contributed by atoms with Crippen LogP contribution in [0.1, 0.15) is 39.7 Å². The highest BCUT2D eigenvalue weighted by Crippen LogP contribution is 2.37. The Balaban J connectivity index is 3.47. The lowest BCUT2D eigenvalue weighted by Gasteiger charge is -2.44. The van der Waals surface area contributed by atoms with E-state index in [2.05, 4.69) is 4.72 Å². The number of nitrogens with one attached hydrogen (secondary N) is 1. The quantitative estimate of drug-likeness (QED) is 0.800. The van der Waals surface area contributed by atoms with Gasteiger partial charge in [0.1, 0.15) is 5.54 Å². The van der Waals surface area contributed by atoms with Crippen LogP contribution in [0.4, 0.5) is 0 Å². The highest BCUT2D eigenvalue weighted by atomic mass is 32.2. The van der Waals surface area contributed by atoms with Gasteiger partial charge in [-0.15, -0.1) is 0 Å². The molecule has 3 N–H and O–H groups in total. The van der Waals surface area contributed by atoms with Crippen LogP contribution in [0.3, 0.4) is 0 Å². The lowest BCUT2D eigenvalue weighted by Crippen LogP contribution is -2.67. The van der Waals surface area contributed by atoms with Gasteiger partial charge in [0.05, 0.1) is 5.75 Å². The fourth-order valence-electron chi connectivity index (χ4n) is 2.61. The summed E-state index contributed by atoms with van der Waals surface area (Å²) in [5.74, 6) is -0.775. The molecule has 0 aromatic heterocycles. The fraction of sp³-hybridized carbons (Fsp3) is 0.533. The minimum atomic E-state index is -3.58. The summed E-state index contributed by atoms with van der Waals surface area (Å²) in [5, 5.41) is 0. The zero-order valence-electron chi connectivity index (χ0n) is 13.0. The van der Waals surface area contributed by atoms with Gasteiger partial charge in [-0.05, 0) is 18.9 Å². The van der Waals surface area contributed by atoms with Crippen molar-refractivity contribution >= 4 is 15.9 Å². The fourth-order valence-corrected chi connectivity index (χ4v) is 3.79. The van der Waals surface area contributed by atoms with E-state index in [0.29, 0.717) is 0 Å². The third-order valence-electron chi connectivity index (χ3n) is 4.22. The number of sulfonamides is 1. The second kappa shape index (κ2) is 6.15. The second-order valence-electron chi connectivity index (χ2n) is 5.62. The number of rotatable bonds is 7. The Bertz CT molecular complexity index is 597. The average molecular weight is 312 g/mol. The molecule has 0 aliphatic heterocycles. The van der Waals surface area contributed by atoms with Gasteiger partial charge in [0, 0.05) is 5.41 Å². The number of hydrogen-bond donors (Lipinski definition) is 2. The molecule has 0 saturated heterocycles. The van der Waals surface area contributed by atoms with Crippen molar-refractivity contribution in [2.75, 3.05) is 5.75 Å². The molecule has 1 aromatic rings. The van der Waals surface area contributed by atoms with Crippen molar-refractivity contribution in [3.8, 4) is 0 Å². The number of amides is 1. The predicted molar refractivity (Wildman–Crippen MR) is 84.3 cm³/mol. The van der Waals surface area contributed by atoms with Crippen molar-refractivity contribution in [3.63, 3.8) is 0 Å². The van der Waals surface area contributed by atoms with Crippen molar-refractivity contribution in [1.82, 2.24) is 4.72 Å². The van der Waals surface area contributed by atoms with Gasteiger partial charge in [0.15, 0.2) is 0 Å². The van der Waals surface area contributed by atoms with E-state index in [1.54, 1.807) is 6.92 Å². The second-order valence-corrected chi connectivity index (χ2v) is 7.63. The summed E-state index contributed by atoms with van der Waals surface area (Å²) in [6.45, 7) is 6.94. The van der Waals surface area contributed by atoms with Crippen LogP contribution >= 0.6 is 0 Å². The molecule has 0 bridgehead atoms. The molecule has 1 atom stereocenters. The Morgan fingerprint density at radius 1 is 1.19 bits per heavy atom. The number of carbonyl (C=O) groups is 1. The summed E-state index contributed by atoms with van der Waals surface area (Å²) in [6, 6.07) is 9.31. The van der Waals surface area contributed by atoms with Crippen LogP contribution in [0.2, 0.25) is 0 Å². The van der Waals surface area contributed by atoms with E-state index in [-0.39, 0.29) is 12.2 Å². The SMILES string of the molecule is CCC(NS(=O)(=O)CC)(C(N)=O)C(C)(C)c1ccccc1. The van der Waals surface area contributed by atoms with E-state index in [9.17, 15) is 13.2 Å². The van der Waals surface area contributed by atoms with Gasteiger partial charge < -0.3 is 5.73 Å². The summed E-state index contributed by atoms with van der Waals surface area (Å²) < 4.78 is 26.6. The van der Waals surface area contributed by atoms with Crippen LogP contribution in [0, 0.1) is 0 Å². The van der Waals surface area contributed by atoms with Crippen LogP contribution < -0.4 is 10.5 Å². The molecule has 6 heteroatoms. The number of hydrogen-bond acceptors (Lipinski definition) is 3. The molecule has 21 heavy (non-hydrogen) atoms. The minimum absolute atomic E-state index is 0.104. The first-order valence-corrected chi connectivity index (χ1v) is 8.65. The predicted octanol–water partition coefficient (Wildman–Crippen LogP) is 1.54. The maximum atomic E-state index is 12.2. The Labute approximate surface area is 127 Å². The number of nitrogens with two attached hydrogens (primary N) is 1. The van der Waals surface area contributed by atoms with Gasteiger partial charge in [0.25, 0.3) is 0 Å². The normalized spacial score (nSPS) is 15.4. The summed E-state index contributed by atoms with van der Waals surface area (Å²) in [4.78, 5) is 12.2. The van der Waals surface area contributed by atoms with Gasteiger partial charge in [-0.25, -0.2) is 8.42 Å². The third kappa shape index (κ3) is 3.27. The van der Waals surface area contributed by atoms with E-state index < -0.39 is 26.9 Å². The highest BCUT2D eigenvalue weighted by molar-refractivity contribution is 7.89. The zero-order chi connectivity index (χ0) is 16.3. The summed E-state index contributed by atoms with van der Waals surface area (Å²) in [7, 11) is -3.58. The molecule has 118 valence electrons. The maximum absolute atomic E-state index is 12.2. The molecule has 5 nitrogen and oxygen atoms in total. The zero-order valence-corrected chi connectivity index (χ0v) is 13.8. The van der Waals surface area contributed by atoms with Crippen LogP contribution in [-0.4, -0.2) is 25.6 Å².